The number of thiophene rings is 1. The summed E-state index contributed by atoms with van der Waals surface area (Å²) >= 11 is 3.15. The number of hydrogen-bond acceptors (Lipinski definition) is 5. The number of benzene rings is 2. The van der Waals surface area contributed by atoms with Gasteiger partial charge in [0.15, 0.2) is 0 Å². The number of anilines is 1. The predicted molar refractivity (Wildman–Crippen MR) is 128 cm³/mol. The highest BCUT2D eigenvalue weighted by molar-refractivity contribution is 8.02. The van der Waals surface area contributed by atoms with Gasteiger partial charge in [-0.1, -0.05) is 54.6 Å². The lowest BCUT2D eigenvalue weighted by atomic mass is 9.86. The molecule has 2 N–H and O–H groups in total. The van der Waals surface area contributed by atoms with Crippen LogP contribution in [0.2, 0.25) is 0 Å². The van der Waals surface area contributed by atoms with Gasteiger partial charge in [-0.15, -0.1) is 23.1 Å². The number of dihydropyridines is 1. The van der Waals surface area contributed by atoms with Crippen molar-refractivity contribution in [3.8, 4) is 6.07 Å². The van der Waals surface area contributed by atoms with Gasteiger partial charge >= 0.3 is 0 Å². The van der Waals surface area contributed by atoms with Crippen LogP contribution in [0.4, 0.5) is 5.69 Å². The van der Waals surface area contributed by atoms with E-state index in [9.17, 15) is 10.1 Å². The van der Waals surface area contributed by atoms with Gasteiger partial charge in [-0.2, -0.15) is 5.26 Å². The lowest BCUT2D eigenvalue weighted by Crippen LogP contribution is -2.30. The van der Waals surface area contributed by atoms with Crippen molar-refractivity contribution in [1.82, 2.24) is 5.32 Å². The van der Waals surface area contributed by atoms with Crippen LogP contribution >= 0.6 is 23.1 Å². The van der Waals surface area contributed by atoms with Crippen LogP contribution in [0.3, 0.4) is 0 Å². The number of carbonyl (C=O) groups excluding carboxylic acids is 1. The summed E-state index contributed by atoms with van der Waals surface area (Å²) in [6, 6.07) is 25.9. The third-order valence-electron chi connectivity index (χ3n) is 4.98. The molecule has 0 saturated heterocycles. The lowest BCUT2D eigenvalue weighted by Gasteiger charge is -2.29. The zero-order valence-corrected chi connectivity index (χ0v) is 18.6. The van der Waals surface area contributed by atoms with Crippen molar-refractivity contribution < 1.29 is 4.79 Å². The number of thioether (sulfide) groups is 1. The Kier molecular flexibility index (Phi) is 6.56. The fourth-order valence-corrected chi connectivity index (χ4v) is 5.41. The molecule has 0 fully saturated rings. The number of carbonyl (C=O) groups is 1. The van der Waals surface area contributed by atoms with Gasteiger partial charge in [0, 0.05) is 27.6 Å². The molecule has 1 aliphatic heterocycles. The van der Waals surface area contributed by atoms with Crippen molar-refractivity contribution in [1.29, 1.82) is 5.26 Å². The third kappa shape index (κ3) is 4.74. The molecule has 1 amide bonds. The molecule has 31 heavy (non-hydrogen) atoms. The molecule has 1 atom stereocenters. The van der Waals surface area contributed by atoms with Crippen LogP contribution in [0, 0.1) is 11.3 Å². The highest BCUT2D eigenvalue weighted by atomic mass is 32.2. The molecule has 2 aromatic carbocycles. The molecular formula is C25H21N3OS2. The highest BCUT2D eigenvalue weighted by Gasteiger charge is 2.35. The van der Waals surface area contributed by atoms with Gasteiger partial charge in [-0.05, 0) is 36.1 Å². The first-order valence-corrected chi connectivity index (χ1v) is 11.7. The number of amides is 1. The summed E-state index contributed by atoms with van der Waals surface area (Å²) < 4.78 is 0. The Morgan fingerprint density at radius 3 is 2.45 bits per heavy atom. The Balaban J connectivity index is 1.68. The minimum Gasteiger partial charge on any atom is -0.353 e. The van der Waals surface area contributed by atoms with Gasteiger partial charge in [0.05, 0.1) is 22.6 Å². The van der Waals surface area contributed by atoms with E-state index in [1.807, 2.05) is 73.0 Å². The fraction of sp³-hybridized carbons (Fsp3) is 0.120. The van der Waals surface area contributed by atoms with E-state index in [1.54, 1.807) is 23.1 Å². The molecule has 0 spiro atoms. The molecular weight excluding hydrogens is 422 g/mol. The first-order chi connectivity index (χ1) is 15.2. The maximum atomic E-state index is 13.3. The second-order valence-electron chi connectivity index (χ2n) is 7.06. The zero-order valence-electron chi connectivity index (χ0n) is 17.0. The maximum absolute atomic E-state index is 13.3. The van der Waals surface area contributed by atoms with Crippen LogP contribution < -0.4 is 10.6 Å². The Morgan fingerprint density at radius 2 is 1.81 bits per heavy atom. The van der Waals surface area contributed by atoms with Crippen LogP contribution in [0.5, 0.6) is 0 Å². The Morgan fingerprint density at radius 1 is 1.10 bits per heavy atom. The van der Waals surface area contributed by atoms with E-state index in [1.165, 1.54) is 5.56 Å². The van der Waals surface area contributed by atoms with Crippen LogP contribution in [-0.2, 0) is 10.5 Å². The number of nitrogens with zero attached hydrogens (tertiary/aromatic N) is 1. The molecule has 1 aromatic heterocycles. The summed E-state index contributed by atoms with van der Waals surface area (Å²) in [6.07, 6.45) is 0. The van der Waals surface area contributed by atoms with Crippen molar-refractivity contribution in [2.45, 2.75) is 18.6 Å². The normalized spacial score (nSPS) is 15.9. The number of allylic oxidation sites excluding steroid dienone is 2. The molecule has 3 aromatic rings. The van der Waals surface area contributed by atoms with Gasteiger partial charge in [0.25, 0.3) is 5.91 Å². The van der Waals surface area contributed by atoms with Crippen LogP contribution in [-0.4, -0.2) is 5.91 Å². The van der Waals surface area contributed by atoms with E-state index in [4.69, 9.17) is 0 Å². The van der Waals surface area contributed by atoms with Crippen molar-refractivity contribution in [3.63, 3.8) is 0 Å². The average molecular weight is 444 g/mol. The van der Waals surface area contributed by atoms with Crippen molar-refractivity contribution in [2.24, 2.45) is 0 Å². The number of rotatable bonds is 6. The third-order valence-corrected chi connectivity index (χ3v) is 7.00. The largest absolute Gasteiger partial charge is 0.353 e. The highest BCUT2D eigenvalue weighted by Crippen LogP contribution is 2.43. The first-order valence-electron chi connectivity index (χ1n) is 9.86. The maximum Gasteiger partial charge on any atom is 0.254 e. The van der Waals surface area contributed by atoms with Gasteiger partial charge in [0.1, 0.15) is 0 Å². The minimum absolute atomic E-state index is 0.200. The summed E-state index contributed by atoms with van der Waals surface area (Å²) in [5, 5.41) is 19.2. The summed E-state index contributed by atoms with van der Waals surface area (Å²) in [7, 11) is 0. The summed E-state index contributed by atoms with van der Waals surface area (Å²) in [6.45, 7) is 1.90. The molecule has 154 valence electrons. The molecule has 0 unspecified atom stereocenters. The average Bonchev–Trinajstić information content (AvgIpc) is 3.33. The molecule has 0 aliphatic carbocycles. The molecule has 0 saturated carbocycles. The number of para-hydroxylation sites is 1. The topological polar surface area (TPSA) is 64.9 Å². The van der Waals surface area contributed by atoms with E-state index in [2.05, 4.69) is 28.8 Å². The quantitative estimate of drug-likeness (QED) is 0.489. The van der Waals surface area contributed by atoms with Crippen molar-refractivity contribution in [2.75, 3.05) is 5.32 Å². The minimum atomic E-state index is -0.395. The molecule has 4 nitrogen and oxygen atoms in total. The molecule has 1 aliphatic rings. The lowest BCUT2D eigenvalue weighted by molar-refractivity contribution is -0.113. The molecule has 0 bridgehead atoms. The SMILES string of the molecule is CC1=C(C(=O)Nc2ccccc2)[C@H](c2cccs2)C(C#N)=C(SCc2ccccc2)N1. The predicted octanol–water partition coefficient (Wildman–Crippen LogP) is 6.02. The number of nitriles is 1. The van der Waals surface area contributed by atoms with E-state index >= 15 is 0 Å². The monoisotopic (exact) mass is 443 g/mol. The molecule has 4 rings (SSSR count). The van der Waals surface area contributed by atoms with Gasteiger partial charge in [-0.25, -0.2) is 0 Å². The van der Waals surface area contributed by atoms with E-state index in [0.29, 0.717) is 11.1 Å². The number of nitrogens with one attached hydrogen (secondary N) is 2. The Hall–Kier alpha value is -3.27. The van der Waals surface area contributed by atoms with Crippen LogP contribution in [0.25, 0.3) is 0 Å². The second kappa shape index (κ2) is 9.69. The summed E-state index contributed by atoms with van der Waals surface area (Å²) in [5.74, 6) is 0.146. The smallest absolute Gasteiger partial charge is 0.254 e. The van der Waals surface area contributed by atoms with Gasteiger partial charge < -0.3 is 10.6 Å². The molecule has 0 radical (unpaired) electrons. The Labute approximate surface area is 190 Å². The van der Waals surface area contributed by atoms with Crippen molar-refractivity contribution >= 4 is 34.7 Å². The van der Waals surface area contributed by atoms with Crippen molar-refractivity contribution in [3.05, 3.63) is 110 Å². The van der Waals surface area contributed by atoms with Crippen LogP contribution in [0.1, 0.15) is 23.3 Å². The summed E-state index contributed by atoms with van der Waals surface area (Å²) in [5.41, 5.74) is 3.82. The van der Waals surface area contributed by atoms with E-state index < -0.39 is 5.92 Å². The second-order valence-corrected chi connectivity index (χ2v) is 9.03. The van der Waals surface area contributed by atoms with Crippen LogP contribution in [0.15, 0.2) is 100 Å². The molecule has 6 heteroatoms. The number of hydrogen-bond donors (Lipinski definition) is 2. The standard InChI is InChI=1S/C25H21N3OS2/c1-17-22(24(29)28-19-11-6-3-7-12-19)23(21-13-8-14-30-21)20(15-26)25(27-17)31-16-18-9-4-2-5-10-18/h2-14,23,27H,16H2,1H3,(H,28,29)/t23-/m0/s1. The fourth-order valence-electron chi connectivity index (χ4n) is 3.52. The first kappa shape index (κ1) is 21.0. The van der Waals surface area contributed by atoms with Gasteiger partial charge in [-0.3, -0.25) is 4.79 Å². The van der Waals surface area contributed by atoms with E-state index in [0.717, 1.165) is 27.0 Å². The van der Waals surface area contributed by atoms with Gasteiger partial charge in [0.2, 0.25) is 0 Å². The zero-order chi connectivity index (χ0) is 21.6. The summed E-state index contributed by atoms with van der Waals surface area (Å²) in [4.78, 5) is 14.3. The molecule has 2 heterocycles. The van der Waals surface area contributed by atoms with E-state index in [-0.39, 0.29) is 5.91 Å². The Bertz CT molecular complexity index is 1160.